The summed E-state index contributed by atoms with van der Waals surface area (Å²) in [4.78, 5) is 12.6. The molecule has 1 aromatic heterocycles. The van der Waals surface area contributed by atoms with Crippen molar-refractivity contribution in [2.45, 2.75) is 24.7 Å². The van der Waals surface area contributed by atoms with Gasteiger partial charge in [0.05, 0.1) is 0 Å². The molecule has 1 fully saturated rings. The van der Waals surface area contributed by atoms with Gasteiger partial charge in [-0.25, -0.2) is 8.42 Å². The fourth-order valence-corrected chi connectivity index (χ4v) is 5.04. The molecule has 0 atom stereocenters. The third kappa shape index (κ3) is 3.36. The molecule has 0 spiro atoms. The van der Waals surface area contributed by atoms with Crippen LogP contribution in [-0.2, 0) is 10.0 Å². The lowest BCUT2D eigenvalue weighted by molar-refractivity contribution is 0.0995. The number of carbonyl (C=O) groups excluding carboxylic acids is 1. The lowest BCUT2D eigenvalue weighted by Crippen LogP contribution is -2.28. The molecule has 2 heterocycles. The van der Waals surface area contributed by atoms with Crippen LogP contribution in [0.2, 0.25) is 0 Å². The number of benzene rings is 2. The van der Waals surface area contributed by atoms with Gasteiger partial charge in [-0.3, -0.25) is 4.79 Å². The molecule has 0 saturated carbocycles. The minimum atomic E-state index is -3.62. The lowest BCUT2D eigenvalue weighted by Gasteiger charge is -2.14. The van der Waals surface area contributed by atoms with Crippen LogP contribution in [0.3, 0.4) is 0 Å². The number of aryl methyl sites for hydroxylation is 1. The highest BCUT2D eigenvalue weighted by Crippen LogP contribution is 2.27. The van der Waals surface area contributed by atoms with E-state index < -0.39 is 15.9 Å². The number of fused-ring (bicyclic) bond motifs is 1. The van der Waals surface area contributed by atoms with E-state index in [1.54, 1.807) is 13.0 Å². The van der Waals surface area contributed by atoms with Crippen molar-refractivity contribution >= 4 is 32.4 Å². The monoisotopic (exact) mass is 384 g/mol. The number of hydrogen-bond acceptors (Lipinski definition) is 4. The van der Waals surface area contributed by atoms with Gasteiger partial charge in [0.25, 0.3) is 5.91 Å². The maximum atomic E-state index is 12.7. The Morgan fingerprint density at radius 1 is 1.04 bits per heavy atom. The Balaban J connectivity index is 1.58. The molecule has 2 aromatic carbocycles. The van der Waals surface area contributed by atoms with Crippen molar-refractivity contribution in [1.82, 2.24) is 4.31 Å². The van der Waals surface area contributed by atoms with Gasteiger partial charge in [0, 0.05) is 24.8 Å². The minimum Gasteiger partial charge on any atom is -0.455 e. The zero-order chi connectivity index (χ0) is 19.0. The maximum Gasteiger partial charge on any atom is 0.291 e. The smallest absolute Gasteiger partial charge is 0.291 e. The van der Waals surface area contributed by atoms with E-state index in [0.717, 1.165) is 23.6 Å². The number of hydrogen-bond donors (Lipinski definition) is 1. The first-order valence-corrected chi connectivity index (χ1v) is 10.3. The van der Waals surface area contributed by atoms with E-state index in [4.69, 9.17) is 4.42 Å². The molecule has 140 valence electrons. The Bertz CT molecular complexity index is 1110. The number of furan rings is 1. The zero-order valence-corrected chi connectivity index (χ0v) is 15.8. The van der Waals surface area contributed by atoms with Crippen LogP contribution >= 0.6 is 0 Å². The standard InChI is InChI=1S/C20H20N2O4S/c1-14-19(27(24,25)22-10-4-5-11-22)13-18(26-14)20(23)21-17-9-8-15-6-2-3-7-16(15)12-17/h2-3,6-9,12-13H,4-5,10-11H2,1H3,(H,21,23). The van der Waals surface area contributed by atoms with Crippen molar-refractivity contribution in [1.29, 1.82) is 0 Å². The van der Waals surface area contributed by atoms with Gasteiger partial charge in [0.15, 0.2) is 5.76 Å². The molecule has 0 unspecified atom stereocenters. The molecule has 1 aliphatic heterocycles. The number of nitrogens with zero attached hydrogens (tertiary/aromatic N) is 1. The molecule has 1 saturated heterocycles. The fourth-order valence-electron chi connectivity index (χ4n) is 3.36. The first-order valence-electron chi connectivity index (χ1n) is 8.86. The second-order valence-corrected chi connectivity index (χ2v) is 8.56. The normalized spacial score (nSPS) is 15.3. The van der Waals surface area contributed by atoms with Crippen LogP contribution in [0.15, 0.2) is 57.8 Å². The molecule has 4 rings (SSSR count). The van der Waals surface area contributed by atoms with Crippen molar-refractivity contribution in [2.75, 3.05) is 18.4 Å². The molecule has 27 heavy (non-hydrogen) atoms. The first-order chi connectivity index (χ1) is 12.9. The quantitative estimate of drug-likeness (QED) is 0.742. The number of sulfonamides is 1. The van der Waals surface area contributed by atoms with E-state index in [1.807, 2.05) is 36.4 Å². The number of anilines is 1. The number of nitrogens with one attached hydrogen (secondary N) is 1. The average Bonchev–Trinajstić information content (AvgIpc) is 3.32. The summed E-state index contributed by atoms with van der Waals surface area (Å²) >= 11 is 0. The summed E-state index contributed by atoms with van der Waals surface area (Å²) in [5, 5.41) is 4.85. The molecule has 1 amide bonds. The van der Waals surface area contributed by atoms with E-state index in [2.05, 4.69) is 5.32 Å². The predicted molar refractivity (Wildman–Crippen MR) is 103 cm³/mol. The van der Waals surface area contributed by atoms with E-state index in [1.165, 1.54) is 10.4 Å². The van der Waals surface area contributed by atoms with Crippen LogP contribution in [0.25, 0.3) is 10.8 Å². The summed E-state index contributed by atoms with van der Waals surface area (Å²) < 4.78 is 32.4. The molecule has 1 N–H and O–H groups in total. The highest BCUT2D eigenvalue weighted by molar-refractivity contribution is 7.89. The van der Waals surface area contributed by atoms with Gasteiger partial charge in [0.2, 0.25) is 10.0 Å². The molecule has 6 nitrogen and oxygen atoms in total. The van der Waals surface area contributed by atoms with Crippen LogP contribution < -0.4 is 5.32 Å². The van der Waals surface area contributed by atoms with Crippen LogP contribution in [-0.4, -0.2) is 31.7 Å². The third-order valence-corrected chi connectivity index (χ3v) is 6.79. The molecule has 7 heteroatoms. The van der Waals surface area contributed by atoms with Crippen LogP contribution in [0.4, 0.5) is 5.69 Å². The lowest BCUT2D eigenvalue weighted by atomic mass is 10.1. The highest BCUT2D eigenvalue weighted by atomic mass is 32.2. The summed E-state index contributed by atoms with van der Waals surface area (Å²) in [5.74, 6) is -0.264. The maximum absolute atomic E-state index is 12.7. The average molecular weight is 384 g/mol. The molecule has 3 aromatic rings. The SMILES string of the molecule is Cc1oc(C(=O)Nc2ccc3ccccc3c2)cc1S(=O)(=O)N1CCCC1. The van der Waals surface area contributed by atoms with E-state index >= 15 is 0 Å². The largest absolute Gasteiger partial charge is 0.455 e. The first kappa shape index (κ1) is 17.8. The van der Waals surface area contributed by atoms with E-state index in [-0.39, 0.29) is 16.4 Å². The van der Waals surface area contributed by atoms with Crippen LogP contribution in [0.5, 0.6) is 0 Å². The van der Waals surface area contributed by atoms with Gasteiger partial charge in [-0.15, -0.1) is 0 Å². The zero-order valence-electron chi connectivity index (χ0n) is 14.9. The second kappa shape index (κ2) is 6.83. The van der Waals surface area contributed by atoms with Crippen LogP contribution in [0, 0.1) is 6.92 Å². The Morgan fingerprint density at radius 2 is 1.74 bits per heavy atom. The molecule has 0 radical (unpaired) electrons. The summed E-state index contributed by atoms with van der Waals surface area (Å²) in [6.45, 7) is 2.58. The van der Waals surface area contributed by atoms with E-state index in [0.29, 0.717) is 18.8 Å². The highest BCUT2D eigenvalue weighted by Gasteiger charge is 2.31. The Kier molecular flexibility index (Phi) is 4.49. The topological polar surface area (TPSA) is 79.6 Å². The molecular formula is C20H20N2O4S. The molecular weight excluding hydrogens is 364 g/mol. The van der Waals surface area contributed by atoms with Gasteiger partial charge < -0.3 is 9.73 Å². The fraction of sp³-hybridized carbons (Fsp3) is 0.250. The van der Waals surface area contributed by atoms with Crippen molar-refractivity contribution in [3.63, 3.8) is 0 Å². The van der Waals surface area contributed by atoms with Crippen molar-refractivity contribution in [3.05, 3.63) is 60.1 Å². The summed E-state index contributed by atoms with van der Waals surface area (Å²) in [5.41, 5.74) is 0.622. The Hall–Kier alpha value is -2.64. The molecule has 1 aliphatic rings. The van der Waals surface area contributed by atoms with Gasteiger partial charge in [-0.2, -0.15) is 4.31 Å². The number of rotatable bonds is 4. The van der Waals surface area contributed by atoms with Gasteiger partial charge in [-0.05, 0) is 42.7 Å². The van der Waals surface area contributed by atoms with Crippen molar-refractivity contribution in [3.8, 4) is 0 Å². The summed E-state index contributed by atoms with van der Waals surface area (Å²) in [6, 6.07) is 14.7. The van der Waals surface area contributed by atoms with Crippen molar-refractivity contribution < 1.29 is 17.6 Å². The van der Waals surface area contributed by atoms with E-state index in [9.17, 15) is 13.2 Å². The second-order valence-electron chi connectivity index (χ2n) is 6.66. The minimum absolute atomic E-state index is 0.0153. The van der Waals surface area contributed by atoms with Crippen molar-refractivity contribution in [2.24, 2.45) is 0 Å². The molecule has 0 bridgehead atoms. The molecule has 0 aliphatic carbocycles. The van der Waals surface area contributed by atoms with Gasteiger partial charge in [-0.1, -0.05) is 30.3 Å². The summed E-state index contributed by atoms with van der Waals surface area (Å²) in [6.07, 6.45) is 1.71. The predicted octanol–water partition coefficient (Wildman–Crippen LogP) is 3.78. The third-order valence-electron chi connectivity index (χ3n) is 4.79. The Labute approximate surface area is 157 Å². The number of amides is 1. The Morgan fingerprint density at radius 3 is 2.48 bits per heavy atom. The van der Waals surface area contributed by atoms with Crippen LogP contribution in [0.1, 0.15) is 29.2 Å². The van der Waals surface area contributed by atoms with Gasteiger partial charge >= 0.3 is 0 Å². The summed E-state index contributed by atoms with van der Waals surface area (Å²) in [7, 11) is -3.62. The van der Waals surface area contributed by atoms with Gasteiger partial charge in [0.1, 0.15) is 10.7 Å². The number of carbonyl (C=O) groups is 1.